The number of aromatic nitrogens is 4. The van der Waals surface area contributed by atoms with Gasteiger partial charge in [0, 0.05) is 68.2 Å². The molecule has 0 atom stereocenters. The zero-order valence-corrected chi connectivity index (χ0v) is 20.2. The van der Waals surface area contributed by atoms with E-state index in [1.165, 1.54) is 0 Å². The van der Waals surface area contributed by atoms with E-state index in [1.807, 2.05) is 12.4 Å². The highest BCUT2D eigenvalue weighted by Crippen LogP contribution is 2.34. The standard InChI is InChI=1S/C26H34N6O2/c1-31(2)18-20-16-29-25(30-17-20)13-19-3-5-22(6-4-19)34-24-15-21(32-9-11-33-12-10-32)14-23-26(24)28-8-7-27-23/h7-8,14-17,19,22H,3-6,9-13,18H2,1-2H3. The molecule has 5 rings (SSSR count). The molecule has 3 aromatic rings. The van der Waals surface area contributed by atoms with Crippen molar-refractivity contribution in [2.45, 2.75) is 44.8 Å². The van der Waals surface area contributed by atoms with E-state index in [0.29, 0.717) is 5.92 Å². The second kappa shape index (κ2) is 10.6. The molecule has 1 aliphatic carbocycles. The normalized spacial score (nSPS) is 21.2. The molecule has 0 radical (unpaired) electrons. The van der Waals surface area contributed by atoms with Crippen LogP contribution in [-0.4, -0.2) is 71.3 Å². The number of morpholine rings is 1. The topological polar surface area (TPSA) is 76.5 Å². The molecule has 8 nitrogen and oxygen atoms in total. The van der Waals surface area contributed by atoms with Crippen molar-refractivity contribution in [1.82, 2.24) is 24.8 Å². The Morgan fingerprint density at radius 2 is 1.71 bits per heavy atom. The van der Waals surface area contributed by atoms with Crippen molar-refractivity contribution in [2.24, 2.45) is 5.92 Å². The maximum absolute atomic E-state index is 6.55. The summed E-state index contributed by atoms with van der Waals surface area (Å²) in [5.74, 6) is 2.40. The highest BCUT2D eigenvalue weighted by atomic mass is 16.5. The molecule has 0 unspecified atom stereocenters. The first-order chi connectivity index (χ1) is 16.6. The van der Waals surface area contributed by atoms with Gasteiger partial charge in [-0.05, 0) is 51.8 Å². The molecule has 8 heteroatoms. The summed E-state index contributed by atoms with van der Waals surface area (Å²) in [7, 11) is 4.12. The van der Waals surface area contributed by atoms with Gasteiger partial charge in [-0.25, -0.2) is 15.0 Å². The van der Waals surface area contributed by atoms with Crippen LogP contribution in [0, 0.1) is 5.92 Å². The minimum Gasteiger partial charge on any atom is -0.488 e. The smallest absolute Gasteiger partial charge is 0.149 e. The number of benzene rings is 1. The second-order valence-electron chi connectivity index (χ2n) is 9.68. The van der Waals surface area contributed by atoms with E-state index in [4.69, 9.17) is 9.47 Å². The highest BCUT2D eigenvalue weighted by Gasteiger charge is 2.25. The number of hydrogen-bond acceptors (Lipinski definition) is 8. The number of rotatable bonds is 7. The van der Waals surface area contributed by atoms with Crippen LogP contribution in [0.15, 0.2) is 36.9 Å². The summed E-state index contributed by atoms with van der Waals surface area (Å²) in [6.07, 6.45) is 12.9. The van der Waals surface area contributed by atoms with Gasteiger partial charge in [0.25, 0.3) is 0 Å². The molecule has 0 bridgehead atoms. The molecule has 0 amide bonds. The summed E-state index contributed by atoms with van der Waals surface area (Å²) in [5, 5.41) is 0. The van der Waals surface area contributed by atoms with Crippen LogP contribution in [-0.2, 0) is 17.7 Å². The van der Waals surface area contributed by atoms with Crippen LogP contribution < -0.4 is 9.64 Å². The van der Waals surface area contributed by atoms with E-state index in [9.17, 15) is 0 Å². The fourth-order valence-corrected chi connectivity index (χ4v) is 4.95. The number of hydrogen-bond donors (Lipinski definition) is 0. The molecule has 0 spiro atoms. The van der Waals surface area contributed by atoms with Crippen LogP contribution in [0.25, 0.3) is 11.0 Å². The van der Waals surface area contributed by atoms with Crippen LogP contribution in [0.1, 0.15) is 37.1 Å². The first-order valence-corrected chi connectivity index (χ1v) is 12.3. The monoisotopic (exact) mass is 462 g/mol. The van der Waals surface area contributed by atoms with Crippen molar-refractivity contribution < 1.29 is 9.47 Å². The molecule has 2 fully saturated rings. The van der Waals surface area contributed by atoms with Crippen LogP contribution in [0.4, 0.5) is 5.69 Å². The lowest BCUT2D eigenvalue weighted by Gasteiger charge is -2.31. The van der Waals surface area contributed by atoms with E-state index in [1.54, 1.807) is 12.4 Å². The van der Waals surface area contributed by atoms with Crippen molar-refractivity contribution in [2.75, 3.05) is 45.3 Å². The van der Waals surface area contributed by atoms with E-state index >= 15 is 0 Å². The molecule has 1 saturated heterocycles. The predicted octanol–water partition coefficient (Wildman–Crippen LogP) is 3.50. The minimum atomic E-state index is 0.199. The summed E-state index contributed by atoms with van der Waals surface area (Å²) in [6, 6.07) is 4.25. The Morgan fingerprint density at radius 3 is 2.44 bits per heavy atom. The van der Waals surface area contributed by atoms with Gasteiger partial charge in [0.1, 0.15) is 17.1 Å². The molecule has 3 heterocycles. The van der Waals surface area contributed by atoms with Gasteiger partial charge in [-0.3, -0.25) is 4.98 Å². The lowest BCUT2D eigenvalue weighted by atomic mass is 9.85. The van der Waals surface area contributed by atoms with Gasteiger partial charge in [0.15, 0.2) is 0 Å². The Balaban J connectivity index is 1.21. The first kappa shape index (κ1) is 22.9. The Hall–Kier alpha value is -2.84. The molecule has 2 aromatic heterocycles. The molecular formula is C26H34N6O2. The van der Waals surface area contributed by atoms with Crippen LogP contribution in [0.2, 0.25) is 0 Å². The molecule has 0 N–H and O–H groups in total. The molecule has 1 aromatic carbocycles. The Kier molecular flexibility index (Phi) is 7.16. The molecule has 34 heavy (non-hydrogen) atoms. The third kappa shape index (κ3) is 5.62. The number of anilines is 1. The number of nitrogens with zero attached hydrogens (tertiary/aromatic N) is 6. The zero-order chi connectivity index (χ0) is 23.3. The van der Waals surface area contributed by atoms with E-state index < -0.39 is 0 Å². The van der Waals surface area contributed by atoms with E-state index in [2.05, 4.69) is 56.0 Å². The molecule has 180 valence electrons. The highest BCUT2D eigenvalue weighted by molar-refractivity contribution is 5.85. The van der Waals surface area contributed by atoms with Crippen molar-refractivity contribution in [1.29, 1.82) is 0 Å². The summed E-state index contributed by atoms with van der Waals surface area (Å²) in [6.45, 7) is 4.14. The Bertz CT molecular complexity index is 1080. The van der Waals surface area contributed by atoms with Gasteiger partial charge < -0.3 is 19.3 Å². The summed E-state index contributed by atoms with van der Waals surface area (Å²) >= 11 is 0. The van der Waals surface area contributed by atoms with Gasteiger partial charge in [0.2, 0.25) is 0 Å². The maximum atomic E-state index is 6.55. The molecular weight excluding hydrogens is 428 g/mol. The van der Waals surface area contributed by atoms with E-state index in [-0.39, 0.29) is 6.10 Å². The average Bonchev–Trinajstić information content (AvgIpc) is 2.86. The Labute approximate surface area is 201 Å². The number of fused-ring (bicyclic) bond motifs is 1. The fourth-order valence-electron chi connectivity index (χ4n) is 4.95. The lowest BCUT2D eigenvalue weighted by molar-refractivity contribution is 0.122. The Morgan fingerprint density at radius 1 is 0.971 bits per heavy atom. The SMILES string of the molecule is CN(C)Cc1cnc(CC2CCC(Oc3cc(N4CCOCC4)cc4nccnc34)CC2)nc1. The minimum absolute atomic E-state index is 0.199. The maximum Gasteiger partial charge on any atom is 0.149 e. The van der Waals surface area contributed by atoms with Gasteiger partial charge in [-0.15, -0.1) is 0 Å². The average molecular weight is 463 g/mol. The van der Waals surface area contributed by atoms with E-state index in [0.717, 1.165) is 98.8 Å². The quantitative estimate of drug-likeness (QED) is 0.528. The largest absolute Gasteiger partial charge is 0.488 e. The van der Waals surface area contributed by atoms with Gasteiger partial charge in [0.05, 0.1) is 24.8 Å². The van der Waals surface area contributed by atoms with Crippen molar-refractivity contribution in [3.05, 3.63) is 48.3 Å². The van der Waals surface area contributed by atoms with Crippen molar-refractivity contribution >= 4 is 16.7 Å². The summed E-state index contributed by atoms with van der Waals surface area (Å²) in [5.41, 5.74) is 4.01. The van der Waals surface area contributed by atoms with Crippen molar-refractivity contribution in [3.63, 3.8) is 0 Å². The van der Waals surface area contributed by atoms with Gasteiger partial charge in [-0.2, -0.15) is 0 Å². The second-order valence-corrected chi connectivity index (χ2v) is 9.68. The lowest BCUT2D eigenvalue weighted by Crippen LogP contribution is -2.36. The van der Waals surface area contributed by atoms with Crippen LogP contribution in [0.5, 0.6) is 5.75 Å². The summed E-state index contributed by atoms with van der Waals surface area (Å²) < 4.78 is 12.1. The molecule has 1 aliphatic heterocycles. The zero-order valence-electron chi connectivity index (χ0n) is 20.2. The van der Waals surface area contributed by atoms with Crippen LogP contribution in [0.3, 0.4) is 0 Å². The molecule has 1 saturated carbocycles. The van der Waals surface area contributed by atoms with Gasteiger partial charge >= 0.3 is 0 Å². The predicted molar refractivity (Wildman–Crippen MR) is 132 cm³/mol. The fraction of sp³-hybridized carbons (Fsp3) is 0.538. The van der Waals surface area contributed by atoms with Gasteiger partial charge in [-0.1, -0.05) is 0 Å². The van der Waals surface area contributed by atoms with Crippen molar-refractivity contribution in [3.8, 4) is 5.75 Å². The van der Waals surface area contributed by atoms with Crippen LogP contribution >= 0.6 is 0 Å². The molecule has 2 aliphatic rings. The first-order valence-electron chi connectivity index (χ1n) is 12.3. The third-order valence-corrected chi connectivity index (χ3v) is 6.72. The third-order valence-electron chi connectivity index (χ3n) is 6.72. The summed E-state index contributed by atoms with van der Waals surface area (Å²) in [4.78, 5) is 22.8. The number of ether oxygens (including phenoxy) is 2.